The van der Waals surface area contributed by atoms with Crippen molar-refractivity contribution in [3.05, 3.63) is 64.2 Å². The highest BCUT2D eigenvalue weighted by atomic mass is 35.5. The number of aryl methyl sites for hydroxylation is 1. The van der Waals surface area contributed by atoms with Crippen LogP contribution in [-0.2, 0) is 19.1 Å². The Labute approximate surface area is 240 Å². The average Bonchev–Trinajstić information content (AvgIpc) is 2.85. The lowest BCUT2D eigenvalue weighted by Gasteiger charge is -2.37. The number of amides is 4. The molecular weight excluding hydrogens is 532 g/mol. The van der Waals surface area contributed by atoms with E-state index in [4.69, 9.17) is 28.5 Å². The molecule has 0 fully saturated rings. The van der Waals surface area contributed by atoms with Crippen LogP contribution in [0.1, 0.15) is 70.2 Å². The number of para-hydroxylation sites is 1. The maximum absolute atomic E-state index is 14.1. The number of terminal acetylenes is 1. The van der Waals surface area contributed by atoms with Crippen LogP contribution in [0.2, 0.25) is 5.02 Å². The summed E-state index contributed by atoms with van der Waals surface area (Å²) in [5, 5.41) is 5.76. The minimum Gasteiger partial charge on any atom is -0.444 e. The molecule has 2 aromatic carbocycles. The SMILES string of the molecule is C#Cc1ccc(C(C(=O)Nc2c(C)cccc2Cl)N(C(=O)C(CCC(N)=O)NC(=O)OC(C)(C)C)C(C)C)cc1. The topological polar surface area (TPSA) is 131 Å². The molecule has 0 aliphatic heterocycles. The third-order valence-electron chi connectivity index (χ3n) is 5.87. The van der Waals surface area contributed by atoms with Crippen LogP contribution in [0.3, 0.4) is 0 Å². The maximum atomic E-state index is 14.1. The van der Waals surface area contributed by atoms with Crippen LogP contribution in [-0.4, -0.2) is 46.4 Å². The first kappa shape index (κ1) is 32.2. The Bertz CT molecular complexity index is 1260. The summed E-state index contributed by atoms with van der Waals surface area (Å²) in [6, 6.07) is 9.02. The predicted molar refractivity (Wildman–Crippen MR) is 156 cm³/mol. The van der Waals surface area contributed by atoms with Crippen molar-refractivity contribution >= 4 is 41.1 Å². The van der Waals surface area contributed by atoms with E-state index in [1.165, 1.54) is 4.90 Å². The predicted octanol–water partition coefficient (Wildman–Crippen LogP) is 4.71. The Morgan fingerprint density at radius 1 is 1.10 bits per heavy atom. The number of alkyl carbamates (subject to hydrolysis) is 1. The summed E-state index contributed by atoms with van der Waals surface area (Å²) >= 11 is 6.38. The molecule has 0 aliphatic carbocycles. The van der Waals surface area contributed by atoms with Gasteiger partial charge >= 0.3 is 6.09 Å². The third kappa shape index (κ3) is 9.02. The fourth-order valence-corrected chi connectivity index (χ4v) is 4.30. The van der Waals surface area contributed by atoms with Crippen LogP contribution in [0.15, 0.2) is 42.5 Å². The number of nitrogens with two attached hydrogens (primary N) is 1. The van der Waals surface area contributed by atoms with Crippen molar-refractivity contribution in [3.8, 4) is 12.3 Å². The van der Waals surface area contributed by atoms with Gasteiger partial charge in [0.15, 0.2) is 0 Å². The van der Waals surface area contributed by atoms with E-state index in [9.17, 15) is 19.2 Å². The number of anilines is 1. The van der Waals surface area contributed by atoms with Gasteiger partial charge < -0.3 is 26.0 Å². The number of nitrogens with zero attached hydrogens (tertiary/aromatic N) is 1. The van der Waals surface area contributed by atoms with E-state index >= 15 is 0 Å². The van der Waals surface area contributed by atoms with Gasteiger partial charge in [-0.1, -0.05) is 41.8 Å². The van der Waals surface area contributed by atoms with Gasteiger partial charge in [0.05, 0.1) is 10.7 Å². The van der Waals surface area contributed by atoms with Crippen molar-refractivity contribution in [2.45, 2.75) is 78.1 Å². The summed E-state index contributed by atoms with van der Waals surface area (Å²) in [6.45, 7) is 10.3. The molecule has 0 saturated heterocycles. The number of carbonyl (C=O) groups excluding carboxylic acids is 4. The molecule has 0 bridgehead atoms. The van der Waals surface area contributed by atoms with E-state index in [0.717, 1.165) is 5.56 Å². The highest BCUT2D eigenvalue weighted by molar-refractivity contribution is 6.34. The third-order valence-corrected chi connectivity index (χ3v) is 6.18. The van der Waals surface area contributed by atoms with Crippen LogP contribution in [0.4, 0.5) is 10.5 Å². The molecule has 9 nitrogen and oxygen atoms in total. The molecule has 0 radical (unpaired) electrons. The average molecular weight is 569 g/mol. The molecule has 4 N–H and O–H groups in total. The van der Waals surface area contributed by atoms with E-state index in [0.29, 0.717) is 21.8 Å². The molecule has 2 unspecified atom stereocenters. The molecular formula is C30H37ClN4O5. The largest absolute Gasteiger partial charge is 0.444 e. The summed E-state index contributed by atoms with van der Waals surface area (Å²) in [4.78, 5) is 53.6. The lowest BCUT2D eigenvalue weighted by molar-refractivity contribution is -0.143. The number of nitrogens with one attached hydrogen (secondary N) is 2. The molecule has 10 heteroatoms. The molecule has 2 rings (SSSR count). The van der Waals surface area contributed by atoms with Crippen LogP contribution in [0.5, 0.6) is 0 Å². The summed E-state index contributed by atoms with van der Waals surface area (Å²) in [5.74, 6) is 0.761. The number of hydrogen-bond acceptors (Lipinski definition) is 5. The fourth-order valence-electron chi connectivity index (χ4n) is 4.04. The second-order valence-electron chi connectivity index (χ2n) is 10.6. The van der Waals surface area contributed by atoms with E-state index in [1.807, 2.05) is 0 Å². The van der Waals surface area contributed by atoms with Crippen molar-refractivity contribution in [1.82, 2.24) is 10.2 Å². The van der Waals surface area contributed by atoms with Gasteiger partial charge in [0.25, 0.3) is 5.91 Å². The zero-order chi connectivity index (χ0) is 30.2. The van der Waals surface area contributed by atoms with Gasteiger partial charge in [0, 0.05) is 18.0 Å². The summed E-state index contributed by atoms with van der Waals surface area (Å²) in [6.07, 6.45) is 4.41. The highest BCUT2D eigenvalue weighted by Gasteiger charge is 2.38. The molecule has 0 heterocycles. The number of rotatable bonds is 10. The van der Waals surface area contributed by atoms with Crippen molar-refractivity contribution in [1.29, 1.82) is 0 Å². The van der Waals surface area contributed by atoms with Gasteiger partial charge in [0.2, 0.25) is 11.8 Å². The summed E-state index contributed by atoms with van der Waals surface area (Å²) in [7, 11) is 0. The Morgan fingerprint density at radius 3 is 2.23 bits per heavy atom. The maximum Gasteiger partial charge on any atom is 0.408 e. The summed E-state index contributed by atoms with van der Waals surface area (Å²) in [5.41, 5.74) is 6.74. The van der Waals surface area contributed by atoms with Gasteiger partial charge in [-0.2, -0.15) is 0 Å². The first-order valence-corrected chi connectivity index (χ1v) is 13.2. The zero-order valence-electron chi connectivity index (χ0n) is 23.7. The van der Waals surface area contributed by atoms with Gasteiger partial charge in [-0.3, -0.25) is 14.4 Å². The Kier molecular flexibility index (Phi) is 11.1. The van der Waals surface area contributed by atoms with E-state index < -0.39 is 47.5 Å². The van der Waals surface area contributed by atoms with Crippen molar-refractivity contribution < 1.29 is 23.9 Å². The Hall–Kier alpha value is -4.03. The van der Waals surface area contributed by atoms with Gasteiger partial charge in [0.1, 0.15) is 17.7 Å². The number of benzene rings is 2. The van der Waals surface area contributed by atoms with Crippen molar-refractivity contribution in [3.63, 3.8) is 0 Å². The number of primary amides is 1. The fraction of sp³-hybridized carbons (Fsp3) is 0.400. The van der Waals surface area contributed by atoms with Crippen LogP contribution in [0, 0.1) is 19.3 Å². The molecule has 0 aliphatic rings. The van der Waals surface area contributed by atoms with Crippen LogP contribution >= 0.6 is 11.6 Å². The van der Waals surface area contributed by atoms with E-state index in [1.54, 1.807) is 84.0 Å². The Morgan fingerprint density at radius 2 is 1.73 bits per heavy atom. The molecule has 2 aromatic rings. The first-order valence-electron chi connectivity index (χ1n) is 12.9. The second-order valence-corrected chi connectivity index (χ2v) is 11.0. The minimum atomic E-state index is -1.20. The Balaban J connectivity index is 2.58. The molecule has 0 spiro atoms. The van der Waals surface area contributed by atoms with E-state index in [-0.39, 0.29) is 12.8 Å². The zero-order valence-corrected chi connectivity index (χ0v) is 24.5. The number of hydrogen-bond donors (Lipinski definition) is 3. The lowest BCUT2D eigenvalue weighted by Crippen LogP contribution is -2.54. The van der Waals surface area contributed by atoms with Crippen LogP contribution < -0.4 is 16.4 Å². The number of halogens is 1. The highest BCUT2D eigenvalue weighted by Crippen LogP contribution is 2.30. The molecule has 2 atom stereocenters. The number of ether oxygens (including phenoxy) is 1. The molecule has 0 saturated carbocycles. The number of carbonyl (C=O) groups is 4. The van der Waals surface area contributed by atoms with Crippen molar-refractivity contribution in [2.75, 3.05) is 5.32 Å². The first-order chi connectivity index (χ1) is 18.6. The molecule has 4 amide bonds. The van der Waals surface area contributed by atoms with Gasteiger partial charge in [-0.15, -0.1) is 6.42 Å². The van der Waals surface area contributed by atoms with Gasteiger partial charge in [-0.25, -0.2) is 4.79 Å². The van der Waals surface area contributed by atoms with Crippen molar-refractivity contribution in [2.24, 2.45) is 5.73 Å². The molecule has 40 heavy (non-hydrogen) atoms. The lowest BCUT2D eigenvalue weighted by atomic mass is 9.98. The minimum absolute atomic E-state index is 0.0926. The van der Waals surface area contributed by atoms with E-state index in [2.05, 4.69) is 16.6 Å². The molecule has 0 aromatic heterocycles. The smallest absolute Gasteiger partial charge is 0.408 e. The monoisotopic (exact) mass is 568 g/mol. The molecule has 214 valence electrons. The second kappa shape index (κ2) is 13.9. The van der Waals surface area contributed by atoms with Crippen LogP contribution in [0.25, 0.3) is 0 Å². The van der Waals surface area contributed by atoms with Gasteiger partial charge in [-0.05, 0) is 77.3 Å². The normalized spacial score (nSPS) is 12.6. The summed E-state index contributed by atoms with van der Waals surface area (Å²) < 4.78 is 5.34. The quantitative estimate of drug-likeness (QED) is 0.357. The standard InChI is InChI=1S/C30H37ClN4O5/c1-8-20-12-14-21(15-13-20)26(27(37)34-25-19(4)10-9-11-22(25)31)35(18(2)3)28(38)23(16-17-24(32)36)33-29(39)40-30(5,6)7/h1,9-15,18,23,26H,16-17H2,2-7H3,(H2,32,36)(H,33,39)(H,34,37).